The fraction of sp³-hybridized carbons (Fsp3) is 0.217. The molecule has 5 rings (SSSR count). The number of nitrogens with zero attached hydrogens (tertiary/aromatic N) is 4. The van der Waals surface area contributed by atoms with E-state index in [9.17, 15) is 14.9 Å². The quantitative estimate of drug-likeness (QED) is 0.331. The van der Waals surface area contributed by atoms with E-state index < -0.39 is 4.92 Å². The Kier molecular flexibility index (Phi) is 5.10. The third kappa shape index (κ3) is 3.60. The molecule has 2 aromatic heterocycles. The number of nitro benzene ring substituents is 1. The molecule has 9 heteroatoms. The maximum Gasteiger partial charge on any atom is 0.289 e. The minimum absolute atomic E-state index is 0.0130. The van der Waals surface area contributed by atoms with Crippen LogP contribution < -0.4 is 4.90 Å². The molecule has 1 aliphatic heterocycles. The molecule has 0 unspecified atom stereocenters. The molecule has 162 valence electrons. The van der Waals surface area contributed by atoms with Crippen molar-refractivity contribution < 1.29 is 14.1 Å². The highest BCUT2D eigenvalue weighted by Gasteiger charge is 2.27. The first-order chi connectivity index (χ1) is 15.5. The summed E-state index contributed by atoms with van der Waals surface area (Å²) in [5, 5.41) is 12.0. The van der Waals surface area contributed by atoms with Crippen molar-refractivity contribution in [2.24, 2.45) is 0 Å². The van der Waals surface area contributed by atoms with Crippen molar-refractivity contribution >= 4 is 39.0 Å². The zero-order valence-corrected chi connectivity index (χ0v) is 18.2. The van der Waals surface area contributed by atoms with E-state index >= 15 is 0 Å². The van der Waals surface area contributed by atoms with Gasteiger partial charge >= 0.3 is 0 Å². The summed E-state index contributed by atoms with van der Waals surface area (Å²) in [5.74, 6) is 1.67. The first-order valence-electron chi connectivity index (χ1n) is 10.2. The Morgan fingerprint density at radius 1 is 1.09 bits per heavy atom. The van der Waals surface area contributed by atoms with Gasteiger partial charge in [-0.1, -0.05) is 12.1 Å². The topological polar surface area (TPSA) is 92.7 Å². The molecule has 1 saturated heterocycles. The van der Waals surface area contributed by atoms with Gasteiger partial charge in [0.2, 0.25) is 0 Å². The number of piperazine rings is 1. The molecule has 3 heterocycles. The van der Waals surface area contributed by atoms with Gasteiger partial charge in [0.25, 0.3) is 11.6 Å². The van der Waals surface area contributed by atoms with E-state index in [-0.39, 0.29) is 11.6 Å². The van der Waals surface area contributed by atoms with Crippen LogP contribution in [0.4, 0.5) is 11.5 Å². The van der Waals surface area contributed by atoms with Gasteiger partial charge < -0.3 is 14.2 Å². The van der Waals surface area contributed by atoms with Gasteiger partial charge in [-0.05, 0) is 48.8 Å². The lowest BCUT2D eigenvalue weighted by atomic mass is 10.1. The van der Waals surface area contributed by atoms with E-state index in [1.54, 1.807) is 23.1 Å². The molecular formula is C23H20N4O4S. The number of anilines is 1. The van der Waals surface area contributed by atoms with Gasteiger partial charge in [0, 0.05) is 54.8 Å². The molecule has 0 spiro atoms. The molecular weight excluding hydrogens is 428 g/mol. The molecule has 1 amide bonds. The Labute approximate surface area is 188 Å². The molecule has 0 radical (unpaired) electrons. The van der Waals surface area contributed by atoms with Crippen LogP contribution in [-0.4, -0.2) is 46.3 Å². The highest BCUT2D eigenvalue weighted by atomic mass is 32.1. The van der Waals surface area contributed by atoms with Gasteiger partial charge in [0.05, 0.1) is 9.62 Å². The van der Waals surface area contributed by atoms with Crippen LogP contribution in [0.15, 0.2) is 59.0 Å². The van der Waals surface area contributed by atoms with Crippen LogP contribution >= 0.6 is 11.5 Å². The molecule has 1 aliphatic rings. The maximum atomic E-state index is 13.1. The summed E-state index contributed by atoms with van der Waals surface area (Å²) in [7, 11) is 0. The second-order valence-corrected chi connectivity index (χ2v) is 8.51. The van der Waals surface area contributed by atoms with Crippen LogP contribution in [-0.2, 0) is 0 Å². The number of amides is 1. The zero-order chi connectivity index (χ0) is 22.2. The molecule has 0 bridgehead atoms. The van der Waals surface area contributed by atoms with Crippen molar-refractivity contribution in [3.8, 4) is 11.3 Å². The van der Waals surface area contributed by atoms with E-state index in [1.807, 2.05) is 19.1 Å². The molecule has 0 atom stereocenters. The molecule has 1 fully saturated rings. The number of hydrogen-bond donors (Lipinski definition) is 0. The van der Waals surface area contributed by atoms with E-state index in [0.717, 1.165) is 21.5 Å². The Bertz CT molecular complexity index is 1300. The number of aromatic nitrogens is 1. The van der Waals surface area contributed by atoms with Gasteiger partial charge in [-0.3, -0.25) is 14.9 Å². The predicted molar refractivity (Wildman–Crippen MR) is 123 cm³/mol. The lowest BCUT2D eigenvalue weighted by Crippen LogP contribution is -2.49. The summed E-state index contributed by atoms with van der Waals surface area (Å²) in [6.07, 6.45) is 0. The van der Waals surface area contributed by atoms with Gasteiger partial charge in [0.1, 0.15) is 11.6 Å². The summed E-state index contributed by atoms with van der Waals surface area (Å²) < 4.78 is 11.7. The number of non-ortho nitro benzene ring substituents is 1. The standard InChI is InChI=1S/C23H20N4O4S/c1-15-14-19(16-6-8-17(9-7-16)27(29)30)31-21(15)23(28)26-12-10-25(11-13-26)22-18-4-2-3-5-20(18)32-24-22/h2-9,14H,10-13H2,1H3. The minimum atomic E-state index is -0.444. The first kappa shape index (κ1) is 20.2. The summed E-state index contributed by atoms with van der Waals surface area (Å²) in [5.41, 5.74) is 1.45. The number of nitro groups is 1. The average Bonchev–Trinajstić information content (AvgIpc) is 3.42. The van der Waals surface area contributed by atoms with Crippen LogP contribution in [0.25, 0.3) is 21.4 Å². The van der Waals surface area contributed by atoms with Gasteiger partial charge in [0.15, 0.2) is 5.76 Å². The number of aryl methyl sites for hydroxylation is 1. The number of fused-ring (bicyclic) bond motifs is 1. The van der Waals surface area contributed by atoms with Crippen molar-refractivity contribution in [2.45, 2.75) is 6.92 Å². The van der Waals surface area contributed by atoms with Crippen molar-refractivity contribution in [1.82, 2.24) is 9.27 Å². The SMILES string of the molecule is Cc1cc(-c2ccc([N+](=O)[O-])cc2)oc1C(=O)N1CCN(c2nsc3ccccc23)CC1. The third-order valence-electron chi connectivity index (χ3n) is 5.70. The average molecular weight is 449 g/mol. The molecule has 32 heavy (non-hydrogen) atoms. The summed E-state index contributed by atoms with van der Waals surface area (Å²) in [6, 6.07) is 16.1. The first-order valence-corrected chi connectivity index (χ1v) is 11.0. The number of benzene rings is 2. The number of furan rings is 1. The maximum absolute atomic E-state index is 13.1. The Hall–Kier alpha value is -3.72. The monoisotopic (exact) mass is 448 g/mol. The van der Waals surface area contributed by atoms with Crippen molar-refractivity contribution in [3.63, 3.8) is 0 Å². The normalized spacial score (nSPS) is 14.2. The fourth-order valence-electron chi connectivity index (χ4n) is 3.95. The Morgan fingerprint density at radius 3 is 2.53 bits per heavy atom. The Morgan fingerprint density at radius 2 is 1.81 bits per heavy atom. The predicted octanol–water partition coefficient (Wildman–Crippen LogP) is 4.74. The molecule has 8 nitrogen and oxygen atoms in total. The fourth-order valence-corrected chi connectivity index (χ4v) is 4.75. The number of carbonyl (C=O) groups excluding carboxylic acids is 1. The van der Waals surface area contributed by atoms with Crippen molar-refractivity contribution in [2.75, 3.05) is 31.1 Å². The van der Waals surface area contributed by atoms with Gasteiger partial charge in [-0.2, -0.15) is 4.37 Å². The van der Waals surface area contributed by atoms with Crippen LogP contribution in [0.1, 0.15) is 16.1 Å². The highest BCUT2D eigenvalue weighted by molar-refractivity contribution is 7.13. The summed E-state index contributed by atoms with van der Waals surface area (Å²) in [6.45, 7) is 4.40. The second kappa shape index (κ2) is 8.08. The van der Waals surface area contributed by atoms with Gasteiger partial charge in [-0.15, -0.1) is 0 Å². The zero-order valence-electron chi connectivity index (χ0n) is 17.4. The van der Waals surface area contributed by atoms with Crippen molar-refractivity contribution in [1.29, 1.82) is 0 Å². The second-order valence-electron chi connectivity index (χ2n) is 7.71. The smallest absolute Gasteiger partial charge is 0.289 e. The molecule has 0 N–H and O–H groups in total. The number of rotatable bonds is 4. The van der Waals surface area contributed by atoms with Crippen LogP contribution in [0, 0.1) is 17.0 Å². The van der Waals surface area contributed by atoms with E-state index in [4.69, 9.17) is 4.42 Å². The van der Waals surface area contributed by atoms with Crippen LogP contribution in [0.5, 0.6) is 0 Å². The minimum Gasteiger partial charge on any atom is -0.451 e. The van der Waals surface area contributed by atoms with Crippen molar-refractivity contribution in [3.05, 3.63) is 76.0 Å². The largest absolute Gasteiger partial charge is 0.451 e. The Balaban J connectivity index is 1.30. The molecule has 2 aromatic carbocycles. The molecule has 4 aromatic rings. The number of carbonyl (C=O) groups is 1. The van der Waals surface area contributed by atoms with Crippen LogP contribution in [0.3, 0.4) is 0 Å². The summed E-state index contributed by atoms with van der Waals surface area (Å²) in [4.78, 5) is 27.6. The number of hydrogen-bond acceptors (Lipinski definition) is 7. The van der Waals surface area contributed by atoms with Crippen LogP contribution in [0.2, 0.25) is 0 Å². The van der Waals surface area contributed by atoms with E-state index in [0.29, 0.717) is 43.3 Å². The molecule has 0 saturated carbocycles. The van der Waals surface area contributed by atoms with E-state index in [1.165, 1.54) is 23.7 Å². The lowest BCUT2D eigenvalue weighted by Gasteiger charge is -2.34. The summed E-state index contributed by atoms with van der Waals surface area (Å²) >= 11 is 1.49. The third-order valence-corrected chi connectivity index (χ3v) is 6.52. The van der Waals surface area contributed by atoms with Gasteiger partial charge in [-0.25, -0.2) is 0 Å². The van der Waals surface area contributed by atoms with E-state index in [2.05, 4.69) is 21.4 Å². The highest BCUT2D eigenvalue weighted by Crippen LogP contribution is 2.31. The molecule has 0 aliphatic carbocycles. The lowest BCUT2D eigenvalue weighted by molar-refractivity contribution is -0.384.